The molecule has 2 rings (SSSR count). The zero-order valence-corrected chi connectivity index (χ0v) is 14.2. The number of nitrogen functional groups attached to an aromatic ring is 1. The van der Waals surface area contributed by atoms with Gasteiger partial charge >= 0.3 is 0 Å². The third-order valence-corrected chi connectivity index (χ3v) is 4.69. The van der Waals surface area contributed by atoms with Crippen molar-refractivity contribution in [2.75, 3.05) is 11.5 Å². The van der Waals surface area contributed by atoms with Crippen LogP contribution in [-0.4, -0.2) is 10.7 Å². The summed E-state index contributed by atoms with van der Waals surface area (Å²) in [6.07, 6.45) is 3.49. The van der Waals surface area contributed by atoms with E-state index in [1.807, 2.05) is 30.3 Å². The van der Waals surface area contributed by atoms with Gasteiger partial charge in [0.15, 0.2) is 0 Å². The molecule has 0 amide bonds. The van der Waals surface area contributed by atoms with E-state index in [4.69, 9.17) is 5.73 Å². The quantitative estimate of drug-likeness (QED) is 0.617. The molecular weight excluding hydrogens is 320 g/mol. The fourth-order valence-electron chi connectivity index (χ4n) is 2.42. The molecule has 1 aromatic carbocycles. The number of aromatic amines is 1. The zero-order valence-electron chi connectivity index (χ0n) is 13.4. The molecule has 0 aliphatic carbocycles. The van der Waals surface area contributed by atoms with Gasteiger partial charge in [-0.3, -0.25) is 4.79 Å². The lowest BCUT2D eigenvalue weighted by molar-refractivity contribution is 0.778. The van der Waals surface area contributed by atoms with E-state index in [2.05, 4.69) is 11.9 Å². The van der Waals surface area contributed by atoms with Crippen molar-refractivity contribution >= 4 is 17.6 Å². The minimum atomic E-state index is -0.579. The number of unbranched alkanes of at least 4 members (excludes halogenated alkanes) is 2. The fourth-order valence-corrected chi connectivity index (χ4v) is 3.38. The molecule has 0 bridgehead atoms. The number of anilines is 1. The van der Waals surface area contributed by atoms with Crippen LogP contribution in [0.5, 0.6) is 0 Å². The van der Waals surface area contributed by atoms with Gasteiger partial charge in [-0.15, -0.1) is 11.8 Å². The van der Waals surface area contributed by atoms with Crippen LogP contribution in [0.15, 0.2) is 34.0 Å². The zero-order chi connectivity index (χ0) is 17.5. The van der Waals surface area contributed by atoms with Crippen molar-refractivity contribution < 1.29 is 0 Å². The first kappa shape index (κ1) is 17.7. The number of hydrogen-bond acceptors (Lipinski definition) is 5. The van der Waals surface area contributed by atoms with Crippen molar-refractivity contribution in [2.45, 2.75) is 31.1 Å². The summed E-state index contributed by atoms with van der Waals surface area (Å²) < 4.78 is 0. The van der Waals surface area contributed by atoms with E-state index in [0.29, 0.717) is 11.1 Å². The van der Waals surface area contributed by atoms with Crippen LogP contribution < -0.4 is 11.3 Å². The van der Waals surface area contributed by atoms with Crippen LogP contribution in [0.3, 0.4) is 0 Å². The molecule has 0 atom stereocenters. The highest BCUT2D eigenvalue weighted by Gasteiger charge is 2.18. The third kappa shape index (κ3) is 3.79. The average Bonchev–Trinajstić information content (AvgIpc) is 2.58. The Bertz CT molecular complexity index is 874. The number of aromatic nitrogens is 1. The Kier molecular flexibility index (Phi) is 6.06. The summed E-state index contributed by atoms with van der Waals surface area (Å²) in [5.74, 6) is 0.989. The van der Waals surface area contributed by atoms with Crippen LogP contribution >= 0.6 is 11.8 Å². The maximum atomic E-state index is 12.0. The van der Waals surface area contributed by atoms with Gasteiger partial charge in [0.05, 0.1) is 0 Å². The molecule has 1 heterocycles. The predicted molar refractivity (Wildman–Crippen MR) is 96.6 cm³/mol. The summed E-state index contributed by atoms with van der Waals surface area (Å²) in [6, 6.07) is 11.4. The van der Waals surface area contributed by atoms with Gasteiger partial charge in [0.25, 0.3) is 5.56 Å². The monoisotopic (exact) mass is 338 g/mol. The number of nitriles is 2. The second-order valence-corrected chi connectivity index (χ2v) is 6.47. The molecule has 6 heteroatoms. The van der Waals surface area contributed by atoms with Crippen LogP contribution in [0.25, 0.3) is 11.1 Å². The topological polar surface area (TPSA) is 106 Å². The standard InChI is InChI=1S/C18H18N4OS/c1-2-3-4-8-24-13-7-5-6-12(9-13)16-14(10-19)17(21)22-18(23)15(16)11-20/h5-7,9H,2-4,8H2,1H3,(H3,21,22,23). The van der Waals surface area contributed by atoms with Gasteiger partial charge in [-0.05, 0) is 29.9 Å². The summed E-state index contributed by atoms with van der Waals surface area (Å²) >= 11 is 1.72. The van der Waals surface area contributed by atoms with Crippen molar-refractivity contribution in [3.63, 3.8) is 0 Å². The highest BCUT2D eigenvalue weighted by Crippen LogP contribution is 2.31. The second kappa shape index (κ2) is 8.24. The number of nitrogens with two attached hydrogens (primary N) is 1. The minimum absolute atomic E-state index is 0.0162. The van der Waals surface area contributed by atoms with Crippen molar-refractivity contribution in [2.24, 2.45) is 0 Å². The molecule has 0 radical (unpaired) electrons. The van der Waals surface area contributed by atoms with Crippen molar-refractivity contribution in [1.29, 1.82) is 10.5 Å². The predicted octanol–water partition coefficient (Wildman–Crippen LogP) is 3.65. The maximum absolute atomic E-state index is 12.0. The number of hydrogen-bond donors (Lipinski definition) is 2. The fraction of sp³-hybridized carbons (Fsp3) is 0.278. The van der Waals surface area contributed by atoms with Crippen molar-refractivity contribution in [3.05, 3.63) is 45.7 Å². The van der Waals surface area contributed by atoms with Crippen LogP contribution in [0.4, 0.5) is 5.82 Å². The average molecular weight is 338 g/mol. The molecule has 0 spiro atoms. The smallest absolute Gasteiger partial charge is 0.268 e. The van der Waals surface area contributed by atoms with E-state index in [1.54, 1.807) is 17.8 Å². The number of thioether (sulfide) groups is 1. The van der Waals surface area contributed by atoms with Gasteiger partial charge in [-0.25, -0.2) is 0 Å². The molecule has 3 N–H and O–H groups in total. The Morgan fingerprint density at radius 3 is 2.62 bits per heavy atom. The van der Waals surface area contributed by atoms with Gasteiger partial charge in [-0.2, -0.15) is 10.5 Å². The van der Waals surface area contributed by atoms with E-state index in [0.717, 1.165) is 17.1 Å². The Morgan fingerprint density at radius 2 is 1.96 bits per heavy atom. The second-order valence-electron chi connectivity index (χ2n) is 5.30. The van der Waals surface area contributed by atoms with Gasteiger partial charge in [0.1, 0.15) is 29.1 Å². The Balaban J connectivity index is 2.48. The van der Waals surface area contributed by atoms with Gasteiger partial charge in [0, 0.05) is 10.5 Å². The number of benzene rings is 1. The van der Waals surface area contributed by atoms with E-state index in [1.165, 1.54) is 12.8 Å². The lowest BCUT2D eigenvalue weighted by Crippen LogP contribution is -2.16. The van der Waals surface area contributed by atoms with E-state index in [-0.39, 0.29) is 16.9 Å². The summed E-state index contributed by atoms with van der Waals surface area (Å²) in [6.45, 7) is 2.16. The van der Waals surface area contributed by atoms with E-state index >= 15 is 0 Å². The molecule has 0 saturated carbocycles. The summed E-state index contributed by atoms with van der Waals surface area (Å²) in [5, 5.41) is 18.7. The molecule has 2 aromatic rings. The summed E-state index contributed by atoms with van der Waals surface area (Å²) in [5.41, 5.74) is 6.17. The minimum Gasteiger partial charge on any atom is -0.384 e. The maximum Gasteiger partial charge on any atom is 0.268 e. The SMILES string of the molecule is CCCCCSc1cccc(-c2c(C#N)c(N)[nH]c(=O)c2C#N)c1. The number of nitrogens with one attached hydrogen (secondary N) is 1. The van der Waals surface area contributed by atoms with E-state index < -0.39 is 5.56 Å². The molecule has 0 fully saturated rings. The largest absolute Gasteiger partial charge is 0.384 e. The summed E-state index contributed by atoms with van der Waals surface area (Å²) in [7, 11) is 0. The van der Waals surface area contributed by atoms with Gasteiger partial charge in [-0.1, -0.05) is 31.9 Å². The highest BCUT2D eigenvalue weighted by atomic mass is 32.2. The van der Waals surface area contributed by atoms with Crippen LogP contribution in [0.2, 0.25) is 0 Å². The Morgan fingerprint density at radius 1 is 1.21 bits per heavy atom. The normalized spacial score (nSPS) is 10.1. The highest BCUT2D eigenvalue weighted by molar-refractivity contribution is 7.99. The summed E-state index contributed by atoms with van der Waals surface area (Å²) in [4.78, 5) is 15.4. The molecule has 0 unspecified atom stereocenters. The van der Waals surface area contributed by atoms with Gasteiger partial charge < -0.3 is 10.7 Å². The molecule has 122 valence electrons. The molecule has 0 saturated heterocycles. The molecule has 24 heavy (non-hydrogen) atoms. The first-order chi connectivity index (χ1) is 11.6. The molecule has 0 aliphatic heterocycles. The number of H-pyrrole nitrogens is 1. The van der Waals surface area contributed by atoms with Crippen molar-refractivity contribution in [1.82, 2.24) is 4.98 Å². The Hall–Kier alpha value is -2.70. The molecular formula is C18H18N4OS. The van der Waals surface area contributed by atoms with Crippen LogP contribution in [0.1, 0.15) is 37.3 Å². The first-order valence-corrected chi connectivity index (χ1v) is 8.70. The lowest BCUT2D eigenvalue weighted by Gasteiger charge is -2.10. The number of nitrogens with zero attached hydrogens (tertiary/aromatic N) is 2. The third-order valence-electron chi connectivity index (χ3n) is 3.61. The first-order valence-electron chi connectivity index (χ1n) is 7.71. The van der Waals surface area contributed by atoms with Crippen molar-refractivity contribution in [3.8, 4) is 23.3 Å². The molecule has 0 aliphatic rings. The molecule has 1 aromatic heterocycles. The van der Waals surface area contributed by atoms with Crippen LogP contribution in [-0.2, 0) is 0 Å². The number of rotatable bonds is 6. The molecule has 5 nitrogen and oxygen atoms in total. The van der Waals surface area contributed by atoms with Crippen LogP contribution in [0, 0.1) is 22.7 Å². The lowest BCUT2D eigenvalue weighted by atomic mass is 9.97. The number of pyridine rings is 1. The Labute approximate surface area is 145 Å². The van der Waals surface area contributed by atoms with Gasteiger partial charge in [0.2, 0.25) is 0 Å². The van der Waals surface area contributed by atoms with E-state index in [9.17, 15) is 15.3 Å².